The molecule has 0 fully saturated rings. The minimum atomic E-state index is -0.892. The Balaban J connectivity index is 1.50. The zero-order valence-electron chi connectivity index (χ0n) is 21.1. The molecular weight excluding hydrogens is 486 g/mol. The van der Waals surface area contributed by atoms with Crippen LogP contribution in [0, 0.1) is 18.8 Å². The number of methoxy groups -OCH3 is 1. The van der Waals surface area contributed by atoms with Gasteiger partial charge in [-0.2, -0.15) is 0 Å². The zero-order valence-corrected chi connectivity index (χ0v) is 21.9. The molecule has 0 amide bonds. The number of carboxylic acid groups (broad SMARTS) is 1. The van der Waals surface area contributed by atoms with Crippen LogP contribution in [0.1, 0.15) is 36.0 Å². The Morgan fingerprint density at radius 1 is 1.08 bits per heavy atom. The molecule has 37 heavy (non-hydrogen) atoms. The Morgan fingerprint density at radius 3 is 2.68 bits per heavy atom. The predicted molar refractivity (Wildman–Crippen MR) is 146 cm³/mol. The molecule has 0 spiro atoms. The number of hydrogen-bond donors (Lipinski definition) is 1. The van der Waals surface area contributed by atoms with Gasteiger partial charge in [0, 0.05) is 35.0 Å². The molecule has 0 aliphatic rings. The number of carboxylic acids is 1. The second-order valence-corrected chi connectivity index (χ2v) is 9.47. The molecule has 0 radical (unpaired) electrons. The first-order valence-electron chi connectivity index (χ1n) is 11.9. The molecule has 1 atom stereocenters. The molecule has 2 aromatic carbocycles. The highest BCUT2D eigenvalue weighted by atomic mass is 32.1. The maximum Gasteiger partial charge on any atom is 0.304 e. The molecule has 4 aromatic rings. The maximum absolute atomic E-state index is 11.1. The minimum Gasteiger partial charge on any atom is -0.491 e. The van der Waals surface area contributed by atoms with Crippen LogP contribution in [0.3, 0.4) is 0 Å². The fourth-order valence-electron chi connectivity index (χ4n) is 4.04. The van der Waals surface area contributed by atoms with Gasteiger partial charge in [-0.1, -0.05) is 24.1 Å². The second-order valence-electron chi connectivity index (χ2n) is 8.56. The van der Waals surface area contributed by atoms with Crippen molar-refractivity contribution in [2.24, 2.45) is 0 Å². The Labute approximate surface area is 220 Å². The van der Waals surface area contributed by atoms with E-state index in [0.717, 1.165) is 22.4 Å². The number of aromatic nitrogens is 1. The van der Waals surface area contributed by atoms with E-state index >= 15 is 0 Å². The first-order chi connectivity index (χ1) is 18.0. The molecule has 0 saturated carbocycles. The molecule has 190 valence electrons. The van der Waals surface area contributed by atoms with Crippen molar-refractivity contribution in [2.45, 2.75) is 32.8 Å². The third-order valence-corrected chi connectivity index (χ3v) is 6.90. The third kappa shape index (κ3) is 6.67. The van der Waals surface area contributed by atoms with E-state index in [-0.39, 0.29) is 6.42 Å². The van der Waals surface area contributed by atoms with E-state index in [1.807, 2.05) is 12.1 Å². The van der Waals surface area contributed by atoms with E-state index in [9.17, 15) is 4.79 Å². The van der Waals surface area contributed by atoms with E-state index in [2.05, 4.69) is 59.5 Å². The lowest BCUT2D eigenvalue weighted by Gasteiger charge is -2.11. The number of benzene rings is 2. The Kier molecular flexibility index (Phi) is 8.78. The number of carbonyl (C=O) groups is 1. The standard InChI is InChI=1S/C30H29NO5S/c1-4-5-22(15-30(32)33)23-8-11-29(31-17-23)36-18-21-7-10-28-26(14-21)27(19-37-28)25-16-24(9-6-20(25)2)35-13-12-34-3/h6-11,14,16-17,19,22H,12-13,15,18H2,1-3H3,(H,32,33). The van der Waals surface area contributed by atoms with Crippen molar-refractivity contribution in [2.75, 3.05) is 20.3 Å². The van der Waals surface area contributed by atoms with Crippen LogP contribution < -0.4 is 9.47 Å². The van der Waals surface area contributed by atoms with Crippen LogP contribution in [-0.2, 0) is 16.1 Å². The molecule has 4 rings (SSSR count). The van der Waals surface area contributed by atoms with Gasteiger partial charge in [0.05, 0.1) is 18.9 Å². The molecule has 0 bridgehead atoms. The molecule has 2 aromatic heterocycles. The lowest BCUT2D eigenvalue weighted by atomic mass is 9.98. The van der Waals surface area contributed by atoms with Crippen molar-refractivity contribution >= 4 is 27.4 Å². The topological polar surface area (TPSA) is 77.9 Å². The van der Waals surface area contributed by atoms with Gasteiger partial charge in [0.1, 0.15) is 19.0 Å². The highest BCUT2D eigenvalue weighted by Gasteiger charge is 2.14. The van der Waals surface area contributed by atoms with Gasteiger partial charge in [0.15, 0.2) is 0 Å². The molecule has 7 heteroatoms. The van der Waals surface area contributed by atoms with Crippen molar-refractivity contribution in [3.05, 3.63) is 76.8 Å². The quantitative estimate of drug-likeness (QED) is 0.183. The van der Waals surface area contributed by atoms with Gasteiger partial charge >= 0.3 is 5.97 Å². The summed E-state index contributed by atoms with van der Waals surface area (Å²) in [4.78, 5) is 15.5. The molecule has 1 N–H and O–H groups in total. The van der Waals surface area contributed by atoms with E-state index in [1.165, 1.54) is 21.2 Å². The molecule has 0 aliphatic carbocycles. The number of pyridine rings is 1. The summed E-state index contributed by atoms with van der Waals surface area (Å²) in [7, 11) is 1.66. The lowest BCUT2D eigenvalue weighted by Crippen LogP contribution is -2.05. The molecule has 1 unspecified atom stereocenters. The van der Waals surface area contributed by atoms with Gasteiger partial charge in [-0.15, -0.1) is 17.3 Å². The maximum atomic E-state index is 11.1. The summed E-state index contributed by atoms with van der Waals surface area (Å²) in [6.07, 6.45) is 1.57. The van der Waals surface area contributed by atoms with Crippen LogP contribution in [0.4, 0.5) is 0 Å². The Hall–Kier alpha value is -3.86. The van der Waals surface area contributed by atoms with Crippen molar-refractivity contribution in [3.8, 4) is 34.6 Å². The van der Waals surface area contributed by atoms with Gasteiger partial charge in [0.25, 0.3) is 0 Å². The van der Waals surface area contributed by atoms with Crippen LogP contribution in [0.15, 0.2) is 60.1 Å². The van der Waals surface area contributed by atoms with Crippen molar-refractivity contribution < 1.29 is 24.1 Å². The fourth-order valence-corrected chi connectivity index (χ4v) is 4.98. The molecule has 0 aliphatic heterocycles. The predicted octanol–water partition coefficient (Wildman–Crippen LogP) is 6.46. The Morgan fingerprint density at radius 2 is 1.95 bits per heavy atom. The summed E-state index contributed by atoms with van der Waals surface area (Å²) in [6, 6.07) is 16.1. The number of ether oxygens (including phenoxy) is 3. The van der Waals surface area contributed by atoms with Crippen molar-refractivity contribution in [1.29, 1.82) is 0 Å². The second kappa shape index (κ2) is 12.4. The first kappa shape index (κ1) is 26.2. The smallest absolute Gasteiger partial charge is 0.304 e. The normalized spacial score (nSPS) is 11.5. The number of aliphatic carboxylic acids is 1. The van der Waals surface area contributed by atoms with Gasteiger partial charge in [0.2, 0.25) is 5.88 Å². The van der Waals surface area contributed by atoms with Gasteiger partial charge in [-0.25, -0.2) is 4.98 Å². The average Bonchev–Trinajstić information content (AvgIpc) is 3.31. The van der Waals surface area contributed by atoms with Gasteiger partial charge in [-0.05, 0) is 65.7 Å². The summed E-state index contributed by atoms with van der Waals surface area (Å²) >= 11 is 1.71. The van der Waals surface area contributed by atoms with Crippen LogP contribution in [0.25, 0.3) is 21.2 Å². The molecule has 0 saturated heterocycles. The van der Waals surface area contributed by atoms with E-state index in [0.29, 0.717) is 25.7 Å². The van der Waals surface area contributed by atoms with Crippen LogP contribution >= 0.6 is 11.3 Å². The molecular formula is C30H29NO5S. The number of rotatable bonds is 11. The summed E-state index contributed by atoms with van der Waals surface area (Å²) in [5.41, 5.74) is 5.28. The largest absolute Gasteiger partial charge is 0.491 e. The number of nitrogens with zero attached hydrogens (tertiary/aromatic N) is 1. The monoisotopic (exact) mass is 515 g/mol. The summed E-state index contributed by atoms with van der Waals surface area (Å²) in [6.45, 7) is 5.22. The number of thiophene rings is 1. The highest BCUT2D eigenvalue weighted by molar-refractivity contribution is 7.17. The highest BCUT2D eigenvalue weighted by Crippen LogP contribution is 2.37. The van der Waals surface area contributed by atoms with Crippen LogP contribution in [-0.4, -0.2) is 36.4 Å². The summed E-state index contributed by atoms with van der Waals surface area (Å²) < 4.78 is 18.1. The first-order valence-corrected chi connectivity index (χ1v) is 12.8. The average molecular weight is 516 g/mol. The zero-order chi connectivity index (χ0) is 26.2. The van der Waals surface area contributed by atoms with Crippen LogP contribution in [0.2, 0.25) is 0 Å². The van der Waals surface area contributed by atoms with Gasteiger partial charge in [-0.3, -0.25) is 4.79 Å². The molecule has 2 heterocycles. The number of fused-ring (bicyclic) bond motifs is 1. The molecule has 6 nitrogen and oxygen atoms in total. The summed E-state index contributed by atoms with van der Waals surface area (Å²) in [5.74, 6) is 5.75. The SMILES string of the molecule is CC#CC(CC(=O)O)c1ccc(OCc2ccc3scc(-c4cc(OCCOC)ccc4C)c3c2)nc1. The Bertz CT molecular complexity index is 1430. The fraction of sp³-hybridized carbons (Fsp3) is 0.267. The third-order valence-electron chi connectivity index (χ3n) is 5.94. The van der Waals surface area contributed by atoms with Crippen molar-refractivity contribution in [1.82, 2.24) is 4.98 Å². The number of aryl methyl sites for hydroxylation is 1. The van der Waals surface area contributed by atoms with E-state index < -0.39 is 11.9 Å². The van der Waals surface area contributed by atoms with Gasteiger partial charge < -0.3 is 19.3 Å². The van der Waals surface area contributed by atoms with Crippen LogP contribution in [0.5, 0.6) is 11.6 Å². The number of hydrogen-bond acceptors (Lipinski definition) is 6. The van der Waals surface area contributed by atoms with Crippen molar-refractivity contribution in [3.63, 3.8) is 0 Å². The van der Waals surface area contributed by atoms with E-state index in [1.54, 1.807) is 37.6 Å². The summed E-state index contributed by atoms with van der Waals surface area (Å²) in [5, 5.41) is 12.5. The van der Waals surface area contributed by atoms with E-state index in [4.69, 9.17) is 19.3 Å². The minimum absolute atomic E-state index is 0.0621. The lowest BCUT2D eigenvalue weighted by molar-refractivity contribution is -0.137.